The van der Waals surface area contributed by atoms with Gasteiger partial charge in [0.25, 0.3) is 0 Å². The first-order valence-electron chi connectivity index (χ1n) is 15.3. The number of ether oxygens (including phenoxy) is 3. The summed E-state index contributed by atoms with van der Waals surface area (Å²) in [6.45, 7) is 17.0. The summed E-state index contributed by atoms with van der Waals surface area (Å²) in [4.78, 5) is 24.3. The number of benzene rings is 1. The van der Waals surface area contributed by atoms with Crippen LogP contribution < -0.4 is 14.4 Å². The smallest absolute Gasteiger partial charge is 0.337 e. The fraction of sp³-hybridized carbons (Fsp3) is 0.514. The minimum atomic E-state index is -1.16. The summed E-state index contributed by atoms with van der Waals surface area (Å²) in [5.41, 5.74) is 4.32. The van der Waals surface area contributed by atoms with Crippen molar-refractivity contribution in [2.75, 3.05) is 31.2 Å². The lowest BCUT2D eigenvalue weighted by Crippen LogP contribution is -2.39. The Balaban J connectivity index is 1.59. The van der Waals surface area contributed by atoms with E-state index in [0.29, 0.717) is 35.9 Å². The number of anilines is 1. The number of aryl methyl sites for hydroxylation is 1. The van der Waals surface area contributed by atoms with Crippen molar-refractivity contribution in [1.29, 1.82) is 0 Å². The number of piperidine rings is 1. The number of carboxylic acid groups (broad SMARTS) is 1. The number of aliphatic carboxylic acids is 1. The highest BCUT2D eigenvalue weighted by atomic mass is 16.5. The predicted molar refractivity (Wildman–Crippen MR) is 170 cm³/mol. The molecule has 1 aromatic carbocycles. The molecule has 1 aliphatic rings. The third-order valence-electron chi connectivity index (χ3n) is 7.75. The van der Waals surface area contributed by atoms with Gasteiger partial charge in [-0.25, -0.2) is 4.79 Å². The molecule has 1 aliphatic heterocycles. The average Bonchev–Trinajstić information content (AvgIpc) is 2.95. The molecule has 0 aliphatic carbocycles. The van der Waals surface area contributed by atoms with E-state index in [1.54, 1.807) is 12.4 Å². The Kier molecular flexibility index (Phi) is 10.3. The Hall–Kier alpha value is -3.65. The van der Waals surface area contributed by atoms with Crippen LogP contribution in [-0.2, 0) is 16.0 Å². The van der Waals surface area contributed by atoms with Crippen LogP contribution >= 0.6 is 0 Å². The second-order valence-corrected chi connectivity index (χ2v) is 13.1. The Morgan fingerprint density at radius 3 is 2.21 bits per heavy atom. The molecule has 1 fully saturated rings. The standard InChI is InChI=1S/C35H47N3O5/c1-8-20-41-26-11-9-25(10-12-26)15-21-42-27-13-14-29(37-22-27)28-23-36-24(2)30(32(33(39)40)43-34(3,4)5)31(28)38-18-16-35(6,7)17-19-38/h9-14,22-23,32H,8,15-21H2,1-7H3,(H,39,40)/t32-/m0/s1. The van der Waals surface area contributed by atoms with E-state index in [0.717, 1.165) is 55.8 Å². The minimum Gasteiger partial charge on any atom is -0.494 e. The second-order valence-electron chi connectivity index (χ2n) is 13.1. The number of aromatic nitrogens is 2. The zero-order valence-electron chi connectivity index (χ0n) is 26.8. The molecule has 3 aromatic rings. The number of nitrogens with zero attached hydrogens (tertiary/aromatic N) is 3. The van der Waals surface area contributed by atoms with Crippen molar-refractivity contribution >= 4 is 11.7 Å². The number of carbonyl (C=O) groups is 1. The first-order chi connectivity index (χ1) is 20.4. The van der Waals surface area contributed by atoms with Crippen LogP contribution in [0.15, 0.2) is 48.8 Å². The van der Waals surface area contributed by atoms with Crippen LogP contribution in [0.25, 0.3) is 11.3 Å². The Morgan fingerprint density at radius 1 is 0.977 bits per heavy atom. The molecule has 1 atom stereocenters. The van der Waals surface area contributed by atoms with Crippen LogP contribution in [0.5, 0.6) is 11.5 Å². The molecular formula is C35H47N3O5. The van der Waals surface area contributed by atoms with Gasteiger partial charge in [0.2, 0.25) is 0 Å². The van der Waals surface area contributed by atoms with Gasteiger partial charge < -0.3 is 24.2 Å². The van der Waals surface area contributed by atoms with Gasteiger partial charge >= 0.3 is 5.97 Å². The molecule has 3 heterocycles. The van der Waals surface area contributed by atoms with Crippen molar-refractivity contribution in [2.24, 2.45) is 5.41 Å². The molecule has 0 amide bonds. The lowest BCUT2D eigenvalue weighted by atomic mass is 9.82. The molecule has 1 N–H and O–H groups in total. The van der Waals surface area contributed by atoms with Crippen molar-refractivity contribution in [2.45, 2.75) is 85.9 Å². The molecule has 8 heteroatoms. The molecule has 1 saturated heterocycles. The molecule has 8 nitrogen and oxygen atoms in total. The van der Waals surface area contributed by atoms with E-state index < -0.39 is 17.7 Å². The van der Waals surface area contributed by atoms with Crippen LogP contribution in [0, 0.1) is 12.3 Å². The number of pyridine rings is 2. The van der Waals surface area contributed by atoms with Gasteiger partial charge in [0.05, 0.1) is 36.4 Å². The van der Waals surface area contributed by atoms with Crippen LogP contribution in [0.4, 0.5) is 5.69 Å². The molecule has 0 bridgehead atoms. The number of hydrogen-bond acceptors (Lipinski definition) is 7. The summed E-state index contributed by atoms with van der Waals surface area (Å²) >= 11 is 0. The second kappa shape index (κ2) is 13.8. The molecule has 4 rings (SSSR count). The molecule has 0 saturated carbocycles. The van der Waals surface area contributed by atoms with E-state index in [1.165, 1.54) is 5.56 Å². The lowest BCUT2D eigenvalue weighted by Gasteiger charge is -2.40. The minimum absolute atomic E-state index is 0.231. The highest BCUT2D eigenvalue weighted by Crippen LogP contribution is 2.43. The van der Waals surface area contributed by atoms with Crippen LogP contribution in [0.1, 0.15) is 83.7 Å². The summed E-state index contributed by atoms with van der Waals surface area (Å²) in [6.07, 6.45) is 6.12. The summed E-state index contributed by atoms with van der Waals surface area (Å²) in [7, 11) is 0. The molecule has 2 aromatic heterocycles. The van der Waals surface area contributed by atoms with Gasteiger partial charge in [0, 0.05) is 42.5 Å². The van der Waals surface area contributed by atoms with E-state index >= 15 is 0 Å². The van der Waals surface area contributed by atoms with E-state index in [1.807, 2.05) is 52.0 Å². The first kappa shape index (κ1) is 32.3. The van der Waals surface area contributed by atoms with Gasteiger partial charge in [0.15, 0.2) is 6.10 Å². The Bertz CT molecular complexity index is 1350. The molecule has 0 spiro atoms. The van der Waals surface area contributed by atoms with Crippen molar-refractivity contribution in [3.8, 4) is 22.8 Å². The third kappa shape index (κ3) is 8.69. The molecule has 0 radical (unpaired) electrons. The SMILES string of the molecule is CCCOc1ccc(CCOc2ccc(-c3cnc(C)c([C@H](OC(C)(C)C)C(=O)O)c3N3CCC(C)(C)CC3)nc2)cc1. The van der Waals surface area contributed by atoms with Crippen LogP contribution in [0.2, 0.25) is 0 Å². The number of carboxylic acids is 1. The van der Waals surface area contributed by atoms with E-state index in [-0.39, 0.29) is 5.41 Å². The topological polar surface area (TPSA) is 94.0 Å². The van der Waals surface area contributed by atoms with Gasteiger partial charge in [-0.2, -0.15) is 0 Å². The van der Waals surface area contributed by atoms with Gasteiger partial charge in [-0.15, -0.1) is 0 Å². The molecule has 43 heavy (non-hydrogen) atoms. The fourth-order valence-electron chi connectivity index (χ4n) is 5.26. The largest absolute Gasteiger partial charge is 0.494 e. The first-order valence-corrected chi connectivity index (χ1v) is 15.3. The molecule has 232 valence electrons. The monoisotopic (exact) mass is 589 g/mol. The third-order valence-corrected chi connectivity index (χ3v) is 7.75. The maximum absolute atomic E-state index is 12.6. The van der Waals surface area contributed by atoms with Crippen molar-refractivity contribution in [3.63, 3.8) is 0 Å². The van der Waals surface area contributed by atoms with Crippen molar-refractivity contribution in [1.82, 2.24) is 9.97 Å². The summed E-state index contributed by atoms with van der Waals surface area (Å²) in [5, 5.41) is 10.3. The average molecular weight is 590 g/mol. The lowest BCUT2D eigenvalue weighted by molar-refractivity contribution is -0.160. The summed E-state index contributed by atoms with van der Waals surface area (Å²) in [5.74, 6) is 0.524. The zero-order valence-corrected chi connectivity index (χ0v) is 26.8. The van der Waals surface area contributed by atoms with E-state index in [2.05, 4.69) is 42.8 Å². The summed E-state index contributed by atoms with van der Waals surface area (Å²) < 4.78 is 17.8. The highest BCUT2D eigenvalue weighted by molar-refractivity contribution is 5.85. The predicted octanol–water partition coefficient (Wildman–Crippen LogP) is 7.43. The zero-order chi connectivity index (χ0) is 31.2. The quantitative estimate of drug-likeness (QED) is 0.233. The van der Waals surface area contributed by atoms with E-state index in [4.69, 9.17) is 19.2 Å². The van der Waals surface area contributed by atoms with Gasteiger partial charge in [0.1, 0.15) is 11.5 Å². The normalized spacial score (nSPS) is 15.7. The maximum atomic E-state index is 12.6. The fourth-order valence-corrected chi connectivity index (χ4v) is 5.26. The van der Waals surface area contributed by atoms with Gasteiger partial charge in [-0.3, -0.25) is 9.97 Å². The maximum Gasteiger partial charge on any atom is 0.337 e. The van der Waals surface area contributed by atoms with E-state index in [9.17, 15) is 9.90 Å². The molecule has 0 unspecified atom stereocenters. The van der Waals surface area contributed by atoms with Crippen molar-refractivity contribution in [3.05, 3.63) is 65.6 Å². The Morgan fingerprint density at radius 2 is 1.63 bits per heavy atom. The van der Waals surface area contributed by atoms with Crippen molar-refractivity contribution < 1.29 is 24.1 Å². The van der Waals surface area contributed by atoms with Crippen LogP contribution in [-0.4, -0.2) is 52.9 Å². The van der Waals surface area contributed by atoms with Gasteiger partial charge in [-0.1, -0.05) is 32.9 Å². The highest BCUT2D eigenvalue weighted by Gasteiger charge is 2.36. The van der Waals surface area contributed by atoms with Gasteiger partial charge in [-0.05, 0) is 82.2 Å². The Labute approximate surface area is 256 Å². The summed E-state index contributed by atoms with van der Waals surface area (Å²) in [6, 6.07) is 11.9. The number of rotatable bonds is 12. The number of hydrogen-bond donors (Lipinski definition) is 1. The molecular weight excluding hydrogens is 542 g/mol. The van der Waals surface area contributed by atoms with Crippen LogP contribution in [0.3, 0.4) is 0 Å².